The van der Waals surface area contributed by atoms with Crippen molar-refractivity contribution in [1.82, 2.24) is 4.90 Å². The van der Waals surface area contributed by atoms with Crippen molar-refractivity contribution in [3.63, 3.8) is 0 Å². The maximum absolute atomic E-state index is 12.8. The molecule has 1 rings (SSSR count). The zero-order chi connectivity index (χ0) is 14.6. The highest BCUT2D eigenvalue weighted by molar-refractivity contribution is 5.84. The molecule has 1 aliphatic rings. The van der Waals surface area contributed by atoms with Gasteiger partial charge in [-0.25, -0.2) is 13.6 Å². The van der Waals surface area contributed by atoms with Gasteiger partial charge in [-0.2, -0.15) is 8.78 Å². The summed E-state index contributed by atoms with van der Waals surface area (Å²) in [5.41, 5.74) is 0. The summed E-state index contributed by atoms with van der Waals surface area (Å²) < 4.78 is 54.6. The quantitative estimate of drug-likeness (QED) is 0.765. The molecule has 110 valence electrons. The standard InChI is InChI=1S/C10H13F4NO4/c11-8(12)10(13,14)9(18)15-3-1-6(2-4-15)19-5-7(16)17/h6,8H,1-5H2,(H,16,17). The first-order valence-corrected chi connectivity index (χ1v) is 5.54. The zero-order valence-electron chi connectivity index (χ0n) is 9.82. The lowest BCUT2D eigenvalue weighted by Crippen LogP contribution is -2.51. The Morgan fingerprint density at radius 2 is 1.84 bits per heavy atom. The Hall–Kier alpha value is -1.38. The van der Waals surface area contributed by atoms with E-state index >= 15 is 0 Å². The minimum Gasteiger partial charge on any atom is -0.480 e. The smallest absolute Gasteiger partial charge is 0.383 e. The molecule has 0 aromatic heterocycles. The molecule has 0 aromatic carbocycles. The normalized spacial score (nSPS) is 17.8. The molecule has 1 fully saturated rings. The van der Waals surface area contributed by atoms with Crippen molar-refractivity contribution in [3.8, 4) is 0 Å². The van der Waals surface area contributed by atoms with Gasteiger partial charge >= 0.3 is 18.3 Å². The third-order valence-electron chi connectivity index (χ3n) is 2.73. The molecule has 0 saturated carbocycles. The number of ether oxygens (including phenoxy) is 1. The third-order valence-corrected chi connectivity index (χ3v) is 2.73. The molecule has 0 unspecified atom stereocenters. The van der Waals surface area contributed by atoms with Crippen molar-refractivity contribution in [2.75, 3.05) is 19.7 Å². The Kier molecular flexibility index (Phi) is 5.10. The van der Waals surface area contributed by atoms with E-state index in [-0.39, 0.29) is 25.9 Å². The Morgan fingerprint density at radius 1 is 1.32 bits per heavy atom. The van der Waals surface area contributed by atoms with Crippen LogP contribution in [0.3, 0.4) is 0 Å². The third kappa shape index (κ3) is 4.05. The number of hydrogen-bond acceptors (Lipinski definition) is 3. The van der Waals surface area contributed by atoms with Gasteiger partial charge in [-0.15, -0.1) is 0 Å². The Labute approximate surface area is 106 Å². The number of halogens is 4. The monoisotopic (exact) mass is 287 g/mol. The molecular weight excluding hydrogens is 274 g/mol. The molecule has 1 saturated heterocycles. The summed E-state index contributed by atoms with van der Waals surface area (Å²) in [7, 11) is 0. The lowest BCUT2D eigenvalue weighted by atomic mass is 10.1. The minimum atomic E-state index is -4.69. The molecule has 9 heteroatoms. The van der Waals surface area contributed by atoms with Crippen molar-refractivity contribution >= 4 is 11.9 Å². The number of rotatable bonds is 5. The average molecular weight is 287 g/mol. The van der Waals surface area contributed by atoms with E-state index in [4.69, 9.17) is 9.84 Å². The van der Waals surface area contributed by atoms with Crippen molar-refractivity contribution in [2.45, 2.75) is 31.3 Å². The Balaban J connectivity index is 2.45. The van der Waals surface area contributed by atoms with Gasteiger partial charge in [0.05, 0.1) is 6.10 Å². The number of carbonyl (C=O) groups is 2. The van der Waals surface area contributed by atoms with Gasteiger partial charge in [0.2, 0.25) is 0 Å². The molecule has 1 heterocycles. The fourth-order valence-electron chi connectivity index (χ4n) is 1.72. The van der Waals surface area contributed by atoms with Crippen molar-refractivity contribution < 1.29 is 37.0 Å². The van der Waals surface area contributed by atoms with E-state index in [9.17, 15) is 27.2 Å². The van der Waals surface area contributed by atoms with Crippen LogP contribution in [0, 0.1) is 0 Å². The number of carboxylic acids is 1. The zero-order valence-corrected chi connectivity index (χ0v) is 9.82. The Bertz CT molecular complexity index is 342. The maximum Gasteiger partial charge on any atom is 0.383 e. The summed E-state index contributed by atoms with van der Waals surface area (Å²) >= 11 is 0. The van der Waals surface area contributed by atoms with E-state index in [0.29, 0.717) is 4.90 Å². The molecule has 19 heavy (non-hydrogen) atoms. The van der Waals surface area contributed by atoms with Crippen LogP contribution >= 0.6 is 0 Å². The van der Waals surface area contributed by atoms with E-state index in [0.717, 1.165) is 0 Å². The lowest BCUT2D eigenvalue weighted by molar-refractivity contribution is -0.183. The molecule has 5 nitrogen and oxygen atoms in total. The van der Waals surface area contributed by atoms with Crippen LogP contribution in [0.25, 0.3) is 0 Å². The molecule has 1 N–H and O–H groups in total. The van der Waals surface area contributed by atoms with Crippen molar-refractivity contribution in [1.29, 1.82) is 0 Å². The SMILES string of the molecule is O=C(O)COC1CCN(C(=O)C(F)(F)C(F)F)CC1. The van der Waals surface area contributed by atoms with Gasteiger partial charge in [0.15, 0.2) is 0 Å². The van der Waals surface area contributed by atoms with Crippen LogP contribution in [-0.2, 0) is 14.3 Å². The predicted octanol–water partition coefficient (Wildman–Crippen LogP) is 0.979. The summed E-state index contributed by atoms with van der Waals surface area (Å²) in [5.74, 6) is -7.75. The van der Waals surface area contributed by atoms with E-state index in [1.807, 2.05) is 0 Å². The highest BCUT2D eigenvalue weighted by atomic mass is 19.3. The van der Waals surface area contributed by atoms with Crippen molar-refractivity contribution in [2.24, 2.45) is 0 Å². The molecule has 0 radical (unpaired) electrons. The Morgan fingerprint density at radius 3 is 2.26 bits per heavy atom. The predicted molar refractivity (Wildman–Crippen MR) is 54.1 cm³/mol. The fraction of sp³-hybridized carbons (Fsp3) is 0.800. The number of alkyl halides is 4. The van der Waals surface area contributed by atoms with Crippen LogP contribution in [0.5, 0.6) is 0 Å². The van der Waals surface area contributed by atoms with Gasteiger partial charge in [-0.1, -0.05) is 0 Å². The van der Waals surface area contributed by atoms with Gasteiger partial charge in [0.25, 0.3) is 5.91 Å². The van der Waals surface area contributed by atoms with Crippen LogP contribution in [0.2, 0.25) is 0 Å². The highest BCUT2D eigenvalue weighted by Crippen LogP contribution is 2.27. The van der Waals surface area contributed by atoms with Crippen LogP contribution in [-0.4, -0.2) is 60.0 Å². The molecule has 1 amide bonds. The molecule has 0 aromatic rings. The second-order valence-electron chi connectivity index (χ2n) is 4.12. The number of nitrogens with zero attached hydrogens (tertiary/aromatic N) is 1. The first kappa shape index (κ1) is 15.7. The number of piperidine rings is 1. The van der Waals surface area contributed by atoms with Gasteiger partial charge < -0.3 is 14.7 Å². The number of aliphatic carboxylic acids is 1. The number of likely N-dealkylation sites (tertiary alicyclic amines) is 1. The van der Waals surface area contributed by atoms with E-state index in [1.54, 1.807) is 0 Å². The molecule has 0 atom stereocenters. The van der Waals surface area contributed by atoms with Gasteiger partial charge in [0.1, 0.15) is 6.61 Å². The summed E-state index contributed by atoms with van der Waals surface area (Å²) in [4.78, 5) is 22.1. The number of hydrogen-bond donors (Lipinski definition) is 1. The number of carbonyl (C=O) groups excluding carboxylic acids is 1. The average Bonchev–Trinajstić information content (AvgIpc) is 2.35. The summed E-state index contributed by atoms with van der Waals surface area (Å²) in [6.07, 6.45) is -4.24. The second-order valence-corrected chi connectivity index (χ2v) is 4.12. The van der Waals surface area contributed by atoms with Crippen molar-refractivity contribution in [3.05, 3.63) is 0 Å². The lowest BCUT2D eigenvalue weighted by Gasteiger charge is -2.33. The number of amides is 1. The molecule has 1 aliphatic heterocycles. The van der Waals surface area contributed by atoms with E-state index in [1.165, 1.54) is 0 Å². The summed E-state index contributed by atoms with van der Waals surface area (Å²) in [5, 5.41) is 8.38. The topological polar surface area (TPSA) is 66.8 Å². The van der Waals surface area contributed by atoms with Crippen LogP contribution in [0.1, 0.15) is 12.8 Å². The van der Waals surface area contributed by atoms with Crippen LogP contribution in [0.15, 0.2) is 0 Å². The van der Waals surface area contributed by atoms with Gasteiger partial charge in [-0.3, -0.25) is 4.79 Å². The van der Waals surface area contributed by atoms with E-state index in [2.05, 4.69) is 0 Å². The fourth-order valence-corrected chi connectivity index (χ4v) is 1.72. The first-order valence-electron chi connectivity index (χ1n) is 5.54. The molecule has 0 aliphatic carbocycles. The summed E-state index contributed by atoms with van der Waals surface area (Å²) in [6, 6.07) is 0. The van der Waals surface area contributed by atoms with Crippen LogP contribution < -0.4 is 0 Å². The van der Waals surface area contributed by atoms with Crippen LogP contribution in [0.4, 0.5) is 17.6 Å². The largest absolute Gasteiger partial charge is 0.480 e. The maximum atomic E-state index is 12.8. The summed E-state index contributed by atoms with van der Waals surface area (Å²) in [6.45, 7) is -0.845. The molecule has 0 spiro atoms. The van der Waals surface area contributed by atoms with E-state index < -0.39 is 36.9 Å². The molecule has 0 bridgehead atoms. The number of carboxylic acid groups (broad SMARTS) is 1. The van der Waals surface area contributed by atoms with Gasteiger partial charge in [-0.05, 0) is 12.8 Å². The second kappa shape index (κ2) is 6.18. The first-order chi connectivity index (χ1) is 8.75. The minimum absolute atomic E-state index is 0.137. The molecular formula is C10H13F4NO4. The highest BCUT2D eigenvalue weighted by Gasteiger charge is 2.51. The van der Waals surface area contributed by atoms with Gasteiger partial charge in [0, 0.05) is 13.1 Å².